The van der Waals surface area contributed by atoms with Gasteiger partial charge >= 0.3 is 0 Å². The van der Waals surface area contributed by atoms with E-state index < -0.39 is 0 Å². The molecule has 1 saturated heterocycles. The van der Waals surface area contributed by atoms with Crippen molar-refractivity contribution < 1.29 is 4.79 Å². The van der Waals surface area contributed by atoms with Crippen molar-refractivity contribution in [2.75, 3.05) is 13.1 Å². The number of likely N-dealkylation sites (tertiary alicyclic amines) is 1. The summed E-state index contributed by atoms with van der Waals surface area (Å²) in [6.07, 6.45) is 1.24. The summed E-state index contributed by atoms with van der Waals surface area (Å²) in [5.41, 5.74) is 0.911. The van der Waals surface area contributed by atoms with E-state index in [1.54, 1.807) is 11.3 Å². The van der Waals surface area contributed by atoms with Crippen molar-refractivity contribution in [3.05, 3.63) is 21.4 Å². The molecule has 0 radical (unpaired) electrons. The van der Waals surface area contributed by atoms with Crippen molar-refractivity contribution in [2.45, 2.75) is 34.1 Å². The van der Waals surface area contributed by atoms with Gasteiger partial charge in [-0.3, -0.25) is 4.79 Å². The van der Waals surface area contributed by atoms with Crippen LogP contribution in [0, 0.1) is 25.7 Å². The molecule has 0 spiro atoms. The highest BCUT2D eigenvalue weighted by atomic mass is 32.1. The molecule has 0 aliphatic carbocycles. The number of piperidine rings is 1. The Morgan fingerprint density at radius 1 is 1.29 bits per heavy atom. The van der Waals surface area contributed by atoms with E-state index in [0.29, 0.717) is 11.8 Å². The summed E-state index contributed by atoms with van der Waals surface area (Å²) < 4.78 is 0. The molecule has 17 heavy (non-hydrogen) atoms. The van der Waals surface area contributed by atoms with Gasteiger partial charge in [0.15, 0.2) is 0 Å². The van der Waals surface area contributed by atoms with Gasteiger partial charge in [-0.05, 0) is 38.2 Å². The monoisotopic (exact) mass is 251 g/mol. The van der Waals surface area contributed by atoms with Gasteiger partial charge in [0.2, 0.25) is 0 Å². The van der Waals surface area contributed by atoms with E-state index in [9.17, 15) is 4.79 Å². The van der Waals surface area contributed by atoms with Gasteiger partial charge in [0.25, 0.3) is 5.91 Å². The van der Waals surface area contributed by atoms with Crippen LogP contribution in [-0.2, 0) is 0 Å². The van der Waals surface area contributed by atoms with E-state index in [4.69, 9.17) is 0 Å². The lowest BCUT2D eigenvalue weighted by atomic mass is 9.91. The molecule has 1 aromatic rings. The number of aryl methyl sites for hydroxylation is 2. The van der Waals surface area contributed by atoms with Crippen LogP contribution in [0.25, 0.3) is 0 Å². The smallest absolute Gasteiger partial charge is 0.254 e. The summed E-state index contributed by atoms with van der Waals surface area (Å²) >= 11 is 1.72. The van der Waals surface area contributed by atoms with Crippen molar-refractivity contribution in [2.24, 2.45) is 11.8 Å². The van der Waals surface area contributed by atoms with Gasteiger partial charge in [0.05, 0.1) is 5.56 Å². The maximum atomic E-state index is 12.5. The molecule has 1 fully saturated rings. The second-order valence-corrected chi connectivity index (χ2v) is 6.94. The Morgan fingerprint density at radius 2 is 1.88 bits per heavy atom. The average molecular weight is 251 g/mol. The number of rotatable bonds is 1. The van der Waals surface area contributed by atoms with Crippen molar-refractivity contribution in [3.8, 4) is 0 Å². The Balaban J connectivity index is 2.17. The van der Waals surface area contributed by atoms with E-state index in [1.165, 1.54) is 11.3 Å². The number of amides is 1. The van der Waals surface area contributed by atoms with Gasteiger partial charge in [-0.25, -0.2) is 0 Å². The topological polar surface area (TPSA) is 20.3 Å². The fourth-order valence-corrected chi connectivity index (χ4v) is 3.76. The quantitative estimate of drug-likeness (QED) is 0.748. The van der Waals surface area contributed by atoms with Gasteiger partial charge in [-0.2, -0.15) is 0 Å². The minimum Gasteiger partial charge on any atom is -0.338 e. The van der Waals surface area contributed by atoms with Crippen LogP contribution < -0.4 is 0 Å². The third-order valence-electron chi connectivity index (χ3n) is 3.43. The maximum Gasteiger partial charge on any atom is 0.254 e. The van der Waals surface area contributed by atoms with Crippen molar-refractivity contribution in [1.82, 2.24) is 4.90 Å². The van der Waals surface area contributed by atoms with E-state index in [0.717, 1.165) is 23.5 Å². The number of thiophene rings is 1. The second kappa shape index (κ2) is 4.81. The first kappa shape index (κ1) is 12.6. The SMILES string of the molecule is Cc1cc(C(=O)N2CC(C)CC(C)C2)c(C)s1. The summed E-state index contributed by atoms with van der Waals surface area (Å²) in [5.74, 6) is 1.48. The van der Waals surface area contributed by atoms with Gasteiger partial charge in [-0.15, -0.1) is 11.3 Å². The van der Waals surface area contributed by atoms with E-state index >= 15 is 0 Å². The first-order valence-electron chi connectivity index (χ1n) is 6.33. The summed E-state index contributed by atoms with van der Waals surface area (Å²) in [6.45, 7) is 10.4. The Morgan fingerprint density at radius 3 is 2.35 bits per heavy atom. The zero-order chi connectivity index (χ0) is 12.6. The molecule has 2 atom stereocenters. The number of carbonyl (C=O) groups is 1. The maximum absolute atomic E-state index is 12.5. The normalized spacial score (nSPS) is 25.1. The van der Waals surface area contributed by atoms with Crippen LogP contribution in [0.5, 0.6) is 0 Å². The zero-order valence-corrected chi connectivity index (χ0v) is 11.9. The number of carbonyl (C=O) groups excluding carboxylic acids is 1. The highest BCUT2D eigenvalue weighted by Crippen LogP contribution is 2.26. The number of nitrogens with zero attached hydrogens (tertiary/aromatic N) is 1. The molecule has 3 heteroatoms. The summed E-state index contributed by atoms with van der Waals surface area (Å²) in [5, 5.41) is 0. The van der Waals surface area contributed by atoms with Crippen molar-refractivity contribution in [1.29, 1.82) is 0 Å². The lowest BCUT2D eigenvalue weighted by Crippen LogP contribution is -2.42. The average Bonchev–Trinajstić information content (AvgIpc) is 2.55. The minimum absolute atomic E-state index is 0.227. The molecule has 2 rings (SSSR count). The summed E-state index contributed by atoms with van der Waals surface area (Å²) in [6, 6.07) is 2.03. The lowest BCUT2D eigenvalue weighted by Gasteiger charge is -2.35. The molecule has 1 aromatic heterocycles. The van der Waals surface area contributed by atoms with Gasteiger partial charge in [0, 0.05) is 22.8 Å². The van der Waals surface area contributed by atoms with Crippen LogP contribution in [-0.4, -0.2) is 23.9 Å². The van der Waals surface area contributed by atoms with E-state index in [1.807, 2.05) is 17.9 Å². The largest absolute Gasteiger partial charge is 0.338 e. The molecule has 1 amide bonds. The van der Waals surface area contributed by atoms with Crippen LogP contribution >= 0.6 is 11.3 Å². The molecule has 2 heterocycles. The summed E-state index contributed by atoms with van der Waals surface area (Å²) in [4.78, 5) is 16.9. The number of hydrogen-bond donors (Lipinski definition) is 0. The molecule has 2 nitrogen and oxygen atoms in total. The minimum atomic E-state index is 0.227. The molecule has 0 N–H and O–H groups in total. The molecule has 1 aliphatic rings. The van der Waals surface area contributed by atoms with Crippen LogP contribution in [0.3, 0.4) is 0 Å². The molecule has 94 valence electrons. The fourth-order valence-electron chi connectivity index (χ4n) is 2.84. The van der Waals surface area contributed by atoms with Crippen LogP contribution in [0.1, 0.15) is 40.4 Å². The highest BCUT2D eigenvalue weighted by molar-refractivity contribution is 7.12. The first-order chi connectivity index (χ1) is 7.97. The second-order valence-electron chi connectivity index (χ2n) is 5.48. The molecule has 0 aromatic carbocycles. The van der Waals surface area contributed by atoms with Crippen molar-refractivity contribution in [3.63, 3.8) is 0 Å². The zero-order valence-electron chi connectivity index (χ0n) is 11.1. The van der Waals surface area contributed by atoms with Crippen LogP contribution in [0.4, 0.5) is 0 Å². The first-order valence-corrected chi connectivity index (χ1v) is 7.15. The molecule has 1 aliphatic heterocycles. The molecular formula is C14H21NOS. The lowest BCUT2D eigenvalue weighted by molar-refractivity contribution is 0.0623. The molecule has 0 bridgehead atoms. The molecule has 0 saturated carbocycles. The molecular weight excluding hydrogens is 230 g/mol. The third-order valence-corrected chi connectivity index (χ3v) is 4.39. The van der Waals surface area contributed by atoms with Gasteiger partial charge in [-0.1, -0.05) is 13.8 Å². The predicted molar refractivity (Wildman–Crippen MR) is 72.6 cm³/mol. The Hall–Kier alpha value is -0.830. The standard InChI is InChI=1S/C14H21NOS/c1-9-5-10(2)8-15(7-9)14(16)13-6-11(3)17-12(13)4/h6,9-10H,5,7-8H2,1-4H3. The van der Waals surface area contributed by atoms with Crippen LogP contribution in [0.15, 0.2) is 6.07 Å². The Bertz CT molecular complexity index is 414. The van der Waals surface area contributed by atoms with Gasteiger partial charge < -0.3 is 4.90 Å². The Labute approximate surface area is 108 Å². The summed E-state index contributed by atoms with van der Waals surface area (Å²) in [7, 11) is 0. The van der Waals surface area contributed by atoms with Gasteiger partial charge in [0.1, 0.15) is 0 Å². The fraction of sp³-hybridized carbons (Fsp3) is 0.643. The van der Waals surface area contributed by atoms with E-state index in [-0.39, 0.29) is 5.91 Å². The predicted octanol–water partition coefficient (Wildman–Crippen LogP) is 3.48. The van der Waals surface area contributed by atoms with E-state index in [2.05, 4.69) is 20.8 Å². The Kier molecular flexibility index (Phi) is 3.57. The third kappa shape index (κ3) is 2.71. The number of hydrogen-bond acceptors (Lipinski definition) is 2. The highest BCUT2D eigenvalue weighted by Gasteiger charge is 2.27. The van der Waals surface area contributed by atoms with Crippen molar-refractivity contribution >= 4 is 17.2 Å². The van der Waals surface area contributed by atoms with Crippen LogP contribution in [0.2, 0.25) is 0 Å². The molecule has 2 unspecified atom stereocenters.